The van der Waals surface area contributed by atoms with E-state index in [1.165, 1.54) is 12.8 Å². The number of hydrogen-bond acceptors (Lipinski definition) is 5. The summed E-state index contributed by atoms with van der Waals surface area (Å²) in [5.74, 6) is 0.933. The van der Waals surface area contributed by atoms with Crippen LogP contribution in [0, 0.1) is 5.92 Å². The van der Waals surface area contributed by atoms with Gasteiger partial charge in [0, 0.05) is 64.6 Å². The van der Waals surface area contributed by atoms with E-state index in [0.29, 0.717) is 0 Å². The molecule has 0 aliphatic carbocycles. The molecule has 1 aromatic rings. The molecule has 3 rings (SSSR count). The van der Waals surface area contributed by atoms with E-state index in [1.54, 1.807) is 0 Å². The smallest absolute Gasteiger partial charge is 0.308 e. The molecule has 2 aliphatic heterocycles. The van der Waals surface area contributed by atoms with Gasteiger partial charge in [0.15, 0.2) is 5.96 Å². The SMILES string of the molecule is CCNC(=NCCCN1CCN(c2ccccc2)CC1)N1CCC(C(=O)OC)CC1. The molecule has 0 saturated carbocycles. The van der Waals surface area contributed by atoms with E-state index in [-0.39, 0.29) is 11.9 Å². The van der Waals surface area contributed by atoms with Crippen molar-refractivity contribution in [1.82, 2.24) is 15.1 Å². The molecule has 0 aromatic heterocycles. The van der Waals surface area contributed by atoms with E-state index < -0.39 is 0 Å². The van der Waals surface area contributed by atoms with Gasteiger partial charge in [0.25, 0.3) is 0 Å². The summed E-state index contributed by atoms with van der Waals surface area (Å²) in [6.07, 6.45) is 2.74. The number of carbonyl (C=O) groups is 1. The summed E-state index contributed by atoms with van der Waals surface area (Å²) < 4.78 is 4.89. The normalized spacial score (nSPS) is 19.1. The number of piperidine rings is 1. The fourth-order valence-corrected chi connectivity index (χ4v) is 4.27. The number of rotatable bonds is 7. The Bertz CT molecular complexity index is 665. The highest BCUT2D eigenvalue weighted by Crippen LogP contribution is 2.19. The molecule has 0 atom stereocenters. The fraction of sp³-hybridized carbons (Fsp3) is 0.652. The first-order chi connectivity index (χ1) is 14.7. The maximum Gasteiger partial charge on any atom is 0.308 e. The van der Waals surface area contributed by atoms with Gasteiger partial charge >= 0.3 is 5.97 Å². The first kappa shape index (κ1) is 22.4. The zero-order chi connectivity index (χ0) is 21.2. The van der Waals surface area contributed by atoms with E-state index in [9.17, 15) is 4.79 Å². The number of nitrogens with zero attached hydrogens (tertiary/aromatic N) is 4. The Hall–Kier alpha value is -2.28. The van der Waals surface area contributed by atoms with Gasteiger partial charge in [0.1, 0.15) is 0 Å². The quantitative estimate of drug-likeness (QED) is 0.318. The first-order valence-corrected chi connectivity index (χ1v) is 11.3. The third kappa shape index (κ3) is 6.36. The Morgan fingerprint density at radius 3 is 2.43 bits per heavy atom. The van der Waals surface area contributed by atoms with Crippen LogP contribution >= 0.6 is 0 Å². The number of aliphatic imine (C=N–C) groups is 1. The van der Waals surface area contributed by atoms with Gasteiger partial charge in [-0.05, 0) is 38.3 Å². The number of para-hydroxylation sites is 1. The molecular formula is C23H37N5O2. The van der Waals surface area contributed by atoms with Crippen molar-refractivity contribution < 1.29 is 9.53 Å². The molecule has 1 N–H and O–H groups in total. The van der Waals surface area contributed by atoms with Crippen molar-refractivity contribution in [2.24, 2.45) is 10.9 Å². The predicted octanol–water partition coefficient (Wildman–Crippen LogP) is 2.05. The molecule has 2 heterocycles. The number of piperazine rings is 1. The van der Waals surface area contributed by atoms with E-state index in [0.717, 1.165) is 84.1 Å². The molecule has 7 heteroatoms. The minimum absolute atomic E-state index is 0.0312. The molecular weight excluding hydrogens is 378 g/mol. The van der Waals surface area contributed by atoms with Crippen LogP contribution in [0.3, 0.4) is 0 Å². The van der Waals surface area contributed by atoms with E-state index in [4.69, 9.17) is 9.73 Å². The second-order valence-electron chi connectivity index (χ2n) is 8.04. The van der Waals surface area contributed by atoms with E-state index in [2.05, 4.69) is 57.3 Å². The second kappa shape index (κ2) is 11.8. The molecule has 7 nitrogen and oxygen atoms in total. The third-order valence-corrected chi connectivity index (χ3v) is 6.05. The average molecular weight is 416 g/mol. The largest absolute Gasteiger partial charge is 0.469 e. The van der Waals surface area contributed by atoms with E-state index >= 15 is 0 Å². The maximum atomic E-state index is 11.7. The number of hydrogen-bond donors (Lipinski definition) is 1. The molecule has 1 aromatic carbocycles. The van der Waals surface area contributed by atoms with Gasteiger partial charge < -0.3 is 19.9 Å². The lowest BCUT2D eigenvalue weighted by Crippen LogP contribution is -2.47. The number of benzene rings is 1. The predicted molar refractivity (Wildman–Crippen MR) is 122 cm³/mol. The molecule has 2 fully saturated rings. The molecule has 166 valence electrons. The van der Waals surface area contributed by atoms with Crippen LogP contribution in [0.5, 0.6) is 0 Å². The number of ether oxygens (including phenoxy) is 1. The van der Waals surface area contributed by atoms with Crippen LogP contribution in [0.2, 0.25) is 0 Å². The minimum atomic E-state index is -0.0797. The minimum Gasteiger partial charge on any atom is -0.469 e. The summed E-state index contributed by atoms with van der Waals surface area (Å²) in [5, 5.41) is 3.41. The number of esters is 1. The Kier molecular flexibility index (Phi) is 8.81. The number of carbonyl (C=O) groups excluding carboxylic acids is 1. The standard InChI is InChI=1S/C23H37N5O2/c1-3-24-23(28-14-10-20(11-15-28)22(29)30-2)25-12-7-13-26-16-18-27(19-17-26)21-8-5-4-6-9-21/h4-6,8-9,20H,3,7,10-19H2,1-2H3,(H,24,25). The summed E-state index contributed by atoms with van der Waals surface area (Å²) in [6.45, 7) is 11.0. The van der Waals surface area contributed by atoms with Gasteiger partial charge in [0.05, 0.1) is 13.0 Å². The Labute approximate surface area is 181 Å². The van der Waals surface area contributed by atoms with Crippen LogP contribution in [-0.4, -0.2) is 87.7 Å². The number of methoxy groups -OCH3 is 1. The molecule has 0 bridgehead atoms. The third-order valence-electron chi connectivity index (χ3n) is 6.05. The van der Waals surface area contributed by atoms with Crippen molar-refractivity contribution in [2.45, 2.75) is 26.2 Å². The van der Waals surface area contributed by atoms with Crippen molar-refractivity contribution in [3.63, 3.8) is 0 Å². The first-order valence-electron chi connectivity index (χ1n) is 11.3. The van der Waals surface area contributed by atoms with Gasteiger partial charge in [-0.15, -0.1) is 0 Å². The molecule has 0 spiro atoms. The fourth-order valence-electron chi connectivity index (χ4n) is 4.27. The Balaban J connectivity index is 1.38. The zero-order valence-electron chi connectivity index (χ0n) is 18.6. The Morgan fingerprint density at radius 2 is 1.80 bits per heavy atom. The molecule has 2 aliphatic rings. The number of anilines is 1. The second-order valence-corrected chi connectivity index (χ2v) is 8.04. The van der Waals surface area contributed by atoms with Gasteiger partial charge in [0.2, 0.25) is 0 Å². The molecule has 0 radical (unpaired) electrons. The van der Waals surface area contributed by atoms with Crippen LogP contribution < -0.4 is 10.2 Å². The highest BCUT2D eigenvalue weighted by Gasteiger charge is 2.27. The van der Waals surface area contributed by atoms with Gasteiger partial charge in [-0.1, -0.05) is 18.2 Å². The average Bonchev–Trinajstić information content (AvgIpc) is 2.81. The van der Waals surface area contributed by atoms with Crippen molar-refractivity contribution in [2.75, 3.05) is 70.9 Å². The van der Waals surface area contributed by atoms with Crippen molar-refractivity contribution in [1.29, 1.82) is 0 Å². The van der Waals surface area contributed by atoms with Crippen molar-refractivity contribution in [3.8, 4) is 0 Å². The molecule has 0 unspecified atom stereocenters. The summed E-state index contributed by atoms with van der Waals surface area (Å²) >= 11 is 0. The summed E-state index contributed by atoms with van der Waals surface area (Å²) in [6, 6.07) is 10.7. The summed E-state index contributed by atoms with van der Waals surface area (Å²) in [4.78, 5) is 23.9. The van der Waals surface area contributed by atoms with Crippen LogP contribution in [0.15, 0.2) is 35.3 Å². The van der Waals surface area contributed by atoms with Gasteiger partial charge in [-0.3, -0.25) is 14.7 Å². The van der Waals surface area contributed by atoms with Crippen LogP contribution in [0.4, 0.5) is 5.69 Å². The number of guanidine groups is 1. The number of nitrogens with one attached hydrogen (secondary N) is 1. The molecule has 30 heavy (non-hydrogen) atoms. The maximum absolute atomic E-state index is 11.7. The summed E-state index contributed by atoms with van der Waals surface area (Å²) in [5.41, 5.74) is 1.33. The van der Waals surface area contributed by atoms with Crippen molar-refractivity contribution >= 4 is 17.6 Å². The van der Waals surface area contributed by atoms with Crippen LogP contribution in [0.25, 0.3) is 0 Å². The lowest BCUT2D eigenvalue weighted by molar-refractivity contribution is -0.146. The summed E-state index contributed by atoms with van der Waals surface area (Å²) in [7, 11) is 1.47. The number of likely N-dealkylation sites (tertiary alicyclic amines) is 1. The lowest BCUT2D eigenvalue weighted by Gasteiger charge is -2.36. The monoisotopic (exact) mass is 415 g/mol. The highest BCUT2D eigenvalue weighted by atomic mass is 16.5. The lowest BCUT2D eigenvalue weighted by atomic mass is 9.97. The highest BCUT2D eigenvalue weighted by molar-refractivity contribution is 5.80. The Morgan fingerprint density at radius 1 is 1.10 bits per heavy atom. The van der Waals surface area contributed by atoms with E-state index in [1.807, 2.05) is 0 Å². The molecule has 0 amide bonds. The zero-order valence-corrected chi connectivity index (χ0v) is 18.6. The molecule has 2 saturated heterocycles. The van der Waals surface area contributed by atoms with Gasteiger partial charge in [-0.25, -0.2) is 0 Å². The van der Waals surface area contributed by atoms with Crippen LogP contribution in [0.1, 0.15) is 26.2 Å². The van der Waals surface area contributed by atoms with Crippen LogP contribution in [-0.2, 0) is 9.53 Å². The van der Waals surface area contributed by atoms with Crippen molar-refractivity contribution in [3.05, 3.63) is 30.3 Å². The topological polar surface area (TPSA) is 60.4 Å². The van der Waals surface area contributed by atoms with Gasteiger partial charge in [-0.2, -0.15) is 0 Å².